The van der Waals surface area contributed by atoms with E-state index in [2.05, 4.69) is 20.2 Å². The molecule has 1 saturated carbocycles. The number of nitrogens with one attached hydrogen (secondary N) is 1. The zero-order valence-corrected chi connectivity index (χ0v) is 19.1. The van der Waals surface area contributed by atoms with Gasteiger partial charge in [0.25, 0.3) is 0 Å². The summed E-state index contributed by atoms with van der Waals surface area (Å²) in [6.07, 6.45) is 9.46. The minimum atomic E-state index is -0.389. The van der Waals surface area contributed by atoms with Gasteiger partial charge in [0, 0.05) is 55.8 Å². The first-order valence-corrected chi connectivity index (χ1v) is 12.0. The largest absolute Gasteiger partial charge is 0.492 e. The van der Waals surface area contributed by atoms with E-state index in [1.54, 1.807) is 24.5 Å². The Morgan fingerprint density at radius 1 is 1.18 bits per heavy atom. The van der Waals surface area contributed by atoms with Gasteiger partial charge < -0.3 is 14.8 Å². The van der Waals surface area contributed by atoms with Crippen LogP contribution >= 0.6 is 0 Å². The highest BCUT2D eigenvalue weighted by Crippen LogP contribution is 2.27. The maximum Gasteiger partial charge on any atom is 0.227 e. The summed E-state index contributed by atoms with van der Waals surface area (Å²) < 4.78 is 25.7. The number of carbonyl (C=O) groups excluding carboxylic acids is 1. The molecule has 2 aliphatic rings. The SMILES string of the molecule is O=C(Cc1ncc(-c2ccc(OCCN3CCOCC3)cc2F)cn1)NCCC1CCCC1. The second kappa shape index (κ2) is 12.0. The van der Waals surface area contributed by atoms with Gasteiger partial charge in [0.05, 0.1) is 19.6 Å². The lowest BCUT2D eigenvalue weighted by Gasteiger charge is -2.26. The predicted molar refractivity (Wildman–Crippen MR) is 123 cm³/mol. The van der Waals surface area contributed by atoms with Crippen LogP contribution in [0.1, 0.15) is 37.9 Å². The van der Waals surface area contributed by atoms with E-state index in [0.717, 1.165) is 45.2 Å². The highest BCUT2D eigenvalue weighted by atomic mass is 19.1. The fraction of sp³-hybridized carbons (Fsp3) is 0.560. The topological polar surface area (TPSA) is 76.6 Å². The molecule has 2 aromatic rings. The summed E-state index contributed by atoms with van der Waals surface area (Å²) in [5.74, 6) is 1.21. The number of carbonyl (C=O) groups is 1. The van der Waals surface area contributed by atoms with Gasteiger partial charge in [0.15, 0.2) is 0 Å². The highest BCUT2D eigenvalue weighted by Gasteiger charge is 2.15. The van der Waals surface area contributed by atoms with Crippen molar-refractivity contribution in [3.63, 3.8) is 0 Å². The fourth-order valence-electron chi connectivity index (χ4n) is 4.44. The third kappa shape index (κ3) is 7.20. The molecule has 2 fully saturated rings. The summed E-state index contributed by atoms with van der Waals surface area (Å²) in [5.41, 5.74) is 0.973. The maximum atomic E-state index is 14.7. The number of morpholine rings is 1. The average molecular weight is 457 g/mol. The van der Waals surface area contributed by atoms with Gasteiger partial charge in [-0.1, -0.05) is 25.7 Å². The number of hydrogen-bond acceptors (Lipinski definition) is 6. The summed E-state index contributed by atoms with van der Waals surface area (Å²) in [6, 6.07) is 4.82. The molecule has 33 heavy (non-hydrogen) atoms. The first-order valence-electron chi connectivity index (χ1n) is 12.0. The van der Waals surface area contributed by atoms with Crippen molar-refractivity contribution in [1.82, 2.24) is 20.2 Å². The van der Waals surface area contributed by atoms with Crippen LogP contribution in [-0.2, 0) is 16.0 Å². The van der Waals surface area contributed by atoms with E-state index < -0.39 is 0 Å². The van der Waals surface area contributed by atoms with E-state index in [9.17, 15) is 9.18 Å². The van der Waals surface area contributed by atoms with Crippen molar-refractivity contribution in [2.45, 2.75) is 38.5 Å². The zero-order chi connectivity index (χ0) is 22.9. The van der Waals surface area contributed by atoms with Gasteiger partial charge in [0.1, 0.15) is 24.0 Å². The zero-order valence-electron chi connectivity index (χ0n) is 19.1. The number of aromatic nitrogens is 2. The van der Waals surface area contributed by atoms with Crippen molar-refractivity contribution in [3.05, 3.63) is 42.2 Å². The number of rotatable bonds is 10. The standard InChI is InChI=1S/C25H33FN4O3/c26-23-15-21(33-14-11-30-9-12-32-13-10-30)5-6-22(23)20-17-28-24(29-18-20)16-25(31)27-8-7-19-3-1-2-4-19/h5-6,15,17-19H,1-4,7-14,16H2,(H,27,31). The summed E-state index contributed by atoms with van der Waals surface area (Å²) in [6.45, 7) is 5.28. The lowest BCUT2D eigenvalue weighted by molar-refractivity contribution is -0.120. The van der Waals surface area contributed by atoms with Gasteiger partial charge in [-0.15, -0.1) is 0 Å². The Kier molecular flexibility index (Phi) is 8.60. The Balaban J connectivity index is 1.23. The van der Waals surface area contributed by atoms with Crippen LogP contribution in [-0.4, -0.2) is 66.8 Å². The quantitative estimate of drug-likeness (QED) is 0.592. The first kappa shape index (κ1) is 23.6. The number of ether oxygens (including phenoxy) is 2. The van der Waals surface area contributed by atoms with Crippen molar-refractivity contribution in [1.29, 1.82) is 0 Å². The number of hydrogen-bond donors (Lipinski definition) is 1. The van der Waals surface area contributed by atoms with Crippen LogP contribution in [0.5, 0.6) is 5.75 Å². The van der Waals surface area contributed by atoms with Crippen molar-refractivity contribution in [2.24, 2.45) is 5.92 Å². The molecule has 0 radical (unpaired) electrons. The van der Waals surface area contributed by atoms with Gasteiger partial charge in [-0.05, 0) is 24.5 Å². The molecular weight excluding hydrogens is 423 g/mol. The lowest BCUT2D eigenvalue weighted by atomic mass is 10.0. The van der Waals surface area contributed by atoms with Crippen LogP contribution in [0.2, 0.25) is 0 Å². The monoisotopic (exact) mass is 456 g/mol. The average Bonchev–Trinajstić information content (AvgIpc) is 3.34. The normalized spacial score (nSPS) is 17.2. The molecule has 7 nitrogen and oxygen atoms in total. The summed E-state index contributed by atoms with van der Waals surface area (Å²) in [5, 5.41) is 2.96. The molecule has 1 amide bonds. The van der Waals surface area contributed by atoms with Crippen molar-refractivity contribution in [3.8, 4) is 16.9 Å². The Morgan fingerprint density at radius 3 is 2.67 bits per heavy atom. The van der Waals surface area contributed by atoms with Gasteiger partial charge >= 0.3 is 0 Å². The van der Waals surface area contributed by atoms with Crippen LogP contribution in [0, 0.1) is 11.7 Å². The minimum Gasteiger partial charge on any atom is -0.492 e. The molecule has 1 aliphatic heterocycles. The van der Waals surface area contributed by atoms with Crippen LogP contribution in [0.15, 0.2) is 30.6 Å². The summed E-state index contributed by atoms with van der Waals surface area (Å²) >= 11 is 0. The van der Waals surface area contributed by atoms with Crippen LogP contribution in [0.4, 0.5) is 4.39 Å². The van der Waals surface area contributed by atoms with E-state index in [0.29, 0.717) is 35.9 Å². The Hall–Kier alpha value is -2.58. The van der Waals surface area contributed by atoms with E-state index in [1.807, 2.05) is 0 Å². The molecule has 178 valence electrons. The van der Waals surface area contributed by atoms with Gasteiger partial charge in [-0.3, -0.25) is 9.69 Å². The molecule has 1 saturated heterocycles. The molecule has 4 rings (SSSR count). The van der Waals surface area contributed by atoms with Gasteiger partial charge in [-0.25, -0.2) is 14.4 Å². The Labute approximate surface area is 194 Å². The third-order valence-corrected chi connectivity index (χ3v) is 6.40. The molecule has 0 unspecified atom stereocenters. The van der Waals surface area contributed by atoms with E-state index in [4.69, 9.17) is 9.47 Å². The predicted octanol–water partition coefficient (Wildman–Crippen LogP) is 3.23. The van der Waals surface area contributed by atoms with E-state index in [1.165, 1.54) is 31.7 Å². The van der Waals surface area contributed by atoms with Crippen LogP contribution in [0.25, 0.3) is 11.1 Å². The molecular formula is C25H33FN4O3. The molecule has 1 aromatic heterocycles. The summed E-state index contributed by atoms with van der Waals surface area (Å²) in [4.78, 5) is 22.9. The van der Waals surface area contributed by atoms with E-state index >= 15 is 0 Å². The second-order valence-corrected chi connectivity index (χ2v) is 8.80. The summed E-state index contributed by atoms with van der Waals surface area (Å²) in [7, 11) is 0. The number of amides is 1. The molecule has 0 bridgehead atoms. The molecule has 2 heterocycles. The lowest BCUT2D eigenvalue weighted by Crippen LogP contribution is -2.38. The van der Waals surface area contributed by atoms with Gasteiger partial charge in [-0.2, -0.15) is 0 Å². The number of nitrogens with zero attached hydrogens (tertiary/aromatic N) is 3. The molecule has 1 aliphatic carbocycles. The van der Waals surface area contributed by atoms with Crippen molar-refractivity contribution in [2.75, 3.05) is 46.0 Å². The number of benzene rings is 1. The maximum absolute atomic E-state index is 14.7. The Bertz CT molecular complexity index is 897. The fourth-order valence-corrected chi connectivity index (χ4v) is 4.44. The second-order valence-electron chi connectivity index (χ2n) is 8.80. The molecule has 1 aromatic carbocycles. The molecule has 0 spiro atoms. The number of halogens is 1. The highest BCUT2D eigenvalue weighted by molar-refractivity contribution is 5.77. The van der Waals surface area contributed by atoms with E-state index in [-0.39, 0.29) is 18.1 Å². The molecule has 1 N–H and O–H groups in total. The first-order chi connectivity index (χ1) is 16.2. The van der Waals surface area contributed by atoms with Crippen LogP contribution in [0.3, 0.4) is 0 Å². The molecule has 8 heteroatoms. The Morgan fingerprint density at radius 2 is 1.94 bits per heavy atom. The third-order valence-electron chi connectivity index (χ3n) is 6.40. The van der Waals surface area contributed by atoms with Crippen molar-refractivity contribution < 1.29 is 18.7 Å². The molecule has 0 atom stereocenters. The van der Waals surface area contributed by atoms with Crippen molar-refractivity contribution >= 4 is 5.91 Å². The van der Waals surface area contributed by atoms with Crippen LogP contribution < -0.4 is 10.1 Å². The van der Waals surface area contributed by atoms with Gasteiger partial charge in [0.2, 0.25) is 5.91 Å². The minimum absolute atomic E-state index is 0.0782. The smallest absolute Gasteiger partial charge is 0.227 e.